The molecule has 0 aliphatic carbocycles. The van der Waals surface area contributed by atoms with E-state index in [4.69, 9.17) is 32.4 Å². The quantitative estimate of drug-likeness (QED) is 0.241. The maximum absolute atomic E-state index is 12.2. The van der Waals surface area contributed by atoms with Crippen LogP contribution in [-0.2, 0) is 9.53 Å². The molecule has 0 saturated heterocycles. The molecule has 0 radical (unpaired) electrons. The molecule has 1 aromatic heterocycles. The molecule has 0 fully saturated rings. The lowest BCUT2D eigenvalue weighted by Crippen LogP contribution is -2.16. The molecule has 1 heterocycles. The number of ether oxygens (including phenoxy) is 2. The Hall–Kier alpha value is -3.63. The number of halogens is 2. The fourth-order valence-corrected chi connectivity index (χ4v) is 3.07. The third-order valence-corrected chi connectivity index (χ3v) is 4.46. The molecule has 0 saturated carbocycles. The zero-order valence-corrected chi connectivity index (χ0v) is 17.3. The maximum Gasteiger partial charge on any atom is 0.343 e. The topological polar surface area (TPSA) is 133 Å². The molecule has 0 atom stereocenters. The molecule has 1 amide bonds. The molecule has 3 aromatic rings. The lowest BCUT2D eigenvalue weighted by Gasteiger charge is -2.09. The summed E-state index contributed by atoms with van der Waals surface area (Å²) >= 11 is 12.2. The zero-order valence-electron chi connectivity index (χ0n) is 15.8. The van der Waals surface area contributed by atoms with E-state index in [0.29, 0.717) is 16.5 Å². The van der Waals surface area contributed by atoms with Crippen LogP contribution in [0.3, 0.4) is 0 Å². The predicted octanol–water partition coefficient (Wildman–Crippen LogP) is 3.96. The summed E-state index contributed by atoms with van der Waals surface area (Å²) in [6, 6.07) is 8.28. The molecule has 3 rings (SSSR count). The van der Waals surface area contributed by atoms with Gasteiger partial charge in [0.2, 0.25) is 0 Å². The van der Waals surface area contributed by atoms with Crippen LogP contribution in [0.4, 0.5) is 5.69 Å². The molecule has 0 bridgehead atoms. The number of non-ortho nitro benzene ring substituents is 1. The Bertz CT molecular complexity index is 1180. The van der Waals surface area contributed by atoms with Crippen LogP contribution in [0.25, 0.3) is 11.0 Å². The van der Waals surface area contributed by atoms with E-state index < -0.39 is 16.8 Å². The Morgan fingerprint density at radius 2 is 1.94 bits per heavy atom. The highest BCUT2D eigenvalue weighted by atomic mass is 35.5. The smallest absolute Gasteiger partial charge is 0.343 e. The van der Waals surface area contributed by atoms with Crippen molar-refractivity contribution in [2.24, 2.45) is 5.10 Å². The number of methoxy groups -OCH3 is 1. The van der Waals surface area contributed by atoms with Crippen LogP contribution in [0.2, 0.25) is 10.0 Å². The first-order valence-electron chi connectivity index (χ1n) is 8.48. The minimum absolute atomic E-state index is 0.0738. The molecule has 1 N–H and O–H groups in total. The number of hydrogen-bond acceptors (Lipinski definition) is 8. The van der Waals surface area contributed by atoms with E-state index in [1.54, 1.807) is 0 Å². The van der Waals surface area contributed by atoms with E-state index in [2.05, 4.69) is 15.3 Å². The lowest BCUT2D eigenvalue weighted by molar-refractivity contribution is -0.384. The van der Waals surface area contributed by atoms with Gasteiger partial charge < -0.3 is 13.9 Å². The van der Waals surface area contributed by atoms with E-state index >= 15 is 0 Å². The minimum atomic E-state index is -0.662. The molecule has 0 spiro atoms. The number of rotatable bonds is 7. The minimum Gasteiger partial charge on any atom is -0.479 e. The highest BCUT2D eigenvalue weighted by Crippen LogP contribution is 2.33. The van der Waals surface area contributed by atoms with Crippen LogP contribution in [0.1, 0.15) is 16.1 Å². The lowest BCUT2D eigenvalue weighted by atomic mass is 10.2. The third kappa shape index (κ3) is 5.30. The second-order valence-electron chi connectivity index (χ2n) is 5.97. The molecule has 2 aromatic carbocycles. The number of hydrazone groups is 1. The molecule has 31 heavy (non-hydrogen) atoms. The maximum atomic E-state index is 12.2. The average molecular weight is 466 g/mol. The normalized spacial score (nSPS) is 10.9. The van der Waals surface area contributed by atoms with Crippen LogP contribution < -0.4 is 10.2 Å². The summed E-state index contributed by atoms with van der Waals surface area (Å²) in [4.78, 5) is 33.7. The summed E-state index contributed by atoms with van der Waals surface area (Å²) in [6.07, 6.45) is 1.28. The van der Waals surface area contributed by atoms with Crippen molar-refractivity contribution in [3.8, 4) is 5.75 Å². The summed E-state index contributed by atoms with van der Waals surface area (Å²) in [5.41, 5.74) is 2.92. The first-order valence-corrected chi connectivity index (χ1v) is 9.24. The number of nitro benzene ring substituents is 1. The van der Waals surface area contributed by atoms with Crippen molar-refractivity contribution < 1.29 is 28.4 Å². The summed E-state index contributed by atoms with van der Waals surface area (Å²) in [7, 11) is 1.22. The first kappa shape index (κ1) is 22.1. The van der Waals surface area contributed by atoms with Crippen LogP contribution >= 0.6 is 23.2 Å². The second-order valence-corrected chi connectivity index (χ2v) is 6.78. The predicted molar refractivity (Wildman–Crippen MR) is 112 cm³/mol. The van der Waals surface area contributed by atoms with Crippen molar-refractivity contribution in [2.75, 3.05) is 13.7 Å². The van der Waals surface area contributed by atoms with E-state index in [-0.39, 0.29) is 33.8 Å². The fourth-order valence-electron chi connectivity index (χ4n) is 2.46. The monoisotopic (exact) mass is 465 g/mol. The van der Waals surface area contributed by atoms with Crippen LogP contribution in [0, 0.1) is 10.1 Å². The Balaban J connectivity index is 1.68. The van der Waals surface area contributed by atoms with Gasteiger partial charge in [0.15, 0.2) is 18.1 Å². The van der Waals surface area contributed by atoms with Crippen molar-refractivity contribution >= 4 is 57.9 Å². The van der Waals surface area contributed by atoms with Crippen molar-refractivity contribution in [1.82, 2.24) is 5.43 Å². The van der Waals surface area contributed by atoms with Gasteiger partial charge in [-0.15, -0.1) is 0 Å². The number of nitrogens with zero attached hydrogens (tertiary/aromatic N) is 2. The van der Waals surface area contributed by atoms with Gasteiger partial charge in [0, 0.05) is 17.5 Å². The third-order valence-electron chi connectivity index (χ3n) is 3.90. The molecule has 0 unspecified atom stereocenters. The fraction of sp³-hybridized carbons (Fsp3) is 0.105. The number of nitro groups is 1. The number of hydrogen-bond donors (Lipinski definition) is 1. The van der Waals surface area contributed by atoms with Crippen molar-refractivity contribution in [2.45, 2.75) is 0 Å². The number of carbonyl (C=O) groups excluding carboxylic acids is 2. The van der Waals surface area contributed by atoms with Gasteiger partial charge in [0.05, 0.1) is 28.3 Å². The highest BCUT2D eigenvalue weighted by molar-refractivity contribution is 6.37. The zero-order chi connectivity index (χ0) is 22.5. The van der Waals surface area contributed by atoms with Crippen LogP contribution in [0.15, 0.2) is 45.9 Å². The van der Waals surface area contributed by atoms with E-state index in [0.717, 1.165) is 0 Å². The molecule has 0 aliphatic rings. The standard InChI is InChI=1S/C19H13Cl2N3O7/c1-29-17(25)9-30-18-13(20)4-10(5-14(18)21)8-22-23-19(26)16-7-11-6-12(24(27)28)2-3-15(11)31-16/h2-8H,9H2,1H3,(H,23,26)/b22-8+. The van der Waals surface area contributed by atoms with Crippen molar-refractivity contribution in [3.63, 3.8) is 0 Å². The van der Waals surface area contributed by atoms with E-state index in [9.17, 15) is 19.7 Å². The number of fused-ring (bicyclic) bond motifs is 1. The van der Waals surface area contributed by atoms with E-state index in [1.165, 1.54) is 49.7 Å². The van der Waals surface area contributed by atoms with Gasteiger partial charge in [-0.2, -0.15) is 5.10 Å². The number of benzene rings is 2. The van der Waals surface area contributed by atoms with E-state index in [1.807, 2.05) is 0 Å². The Kier molecular flexibility index (Phi) is 6.73. The molecule has 160 valence electrons. The number of furan rings is 1. The Morgan fingerprint density at radius 3 is 2.58 bits per heavy atom. The number of esters is 1. The van der Waals surface area contributed by atoms with Gasteiger partial charge in [-0.25, -0.2) is 10.2 Å². The summed E-state index contributed by atoms with van der Waals surface area (Å²) in [5, 5.41) is 15.3. The first-order chi connectivity index (χ1) is 14.8. The Morgan fingerprint density at radius 1 is 1.23 bits per heavy atom. The summed E-state index contributed by atoms with van der Waals surface area (Å²) < 4.78 is 15.1. The number of carbonyl (C=O) groups is 2. The Labute approximate surface area is 184 Å². The second kappa shape index (κ2) is 9.45. The van der Waals surface area contributed by atoms with Gasteiger partial charge in [-0.1, -0.05) is 23.2 Å². The van der Waals surface area contributed by atoms with Crippen molar-refractivity contribution in [3.05, 3.63) is 67.9 Å². The van der Waals surface area contributed by atoms with Gasteiger partial charge in [-0.3, -0.25) is 14.9 Å². The van der Waals surface area contributed by atoms with Crippen molar-refractivity contribution in [1.29, 1.82) is 0 Å². The summed E-state index contributed by atoms with van der Waals surface area (Å²) in [6.45, 7) is -0.361. The van der Waals surface area contributed by atoms with Crippen LogP contribution in [0.5, 0.6) is 5.75 Å². The average Bonchev–Trinajstić information content (AvgIpc) is 3.16. The number of amides is 1. The van der Waals surface area contributed by atoms with Gasteiger partial charge in [-0.05, 0) is 29.8 Å². The van der Waals surface area contributed by atoms with Gasteiger partial charge >= 0.3 is 11.9 Å². The van der Waals surface area contributed by atoms with Gasteiger partial charge in [0.25, 0.3) is 5.69 Å². The van der Waals surface area contributed by atoms with Crippen LogP contribution in [-0.4, -0.2) is 36.7 Å². The summed E-state index contributed by atoms with van der Waals surface area (Å²) in [5.74, 6) is -1.23. The highest BCUT2D eigenvalue weighted by Gasteiger charge is 2.15. The molecular weight excluding hydrogens is 453 g/mol. The largest absolute Gasteiger partial charge is 0.479 e. The molecule has 0 aliphatic heterocycles. The SMILES string of the molecule is COC(=O)COc1c(Cl)cc(/C=N/NC(=O)c2cc3cc([N+](=O)[O-])ccc3o2)cc1Cl. The number of nitrogens with one attached hydrogen (secondary N) is 1. The molecular formula is C19H13Cl2N3O7. The van der Waals surface area contributed by atoms with Gasteiger partial charge in [0.1, 0.15) is 5.58 Å². The molecule has 12 heteroatoms. The molecule has 10 nitrogen and oxygen atoms in total.